The smallest absolute Gasteiger partial charge is 0.272 e. The number of H-pyrrole nitrogens is 2. The summed E-state index contributed by atoms with van der Waals surface area (Å²) < 4.78 is 0. The number of para-hydroxylation sites is 1. The Morgan fingerprint density at radius 3 is 2.86 bits per heavy atom. The molecule has 0 radical (unpaired) electrons. The zero-order chi connectivity index (χ0) is 14.8. The van der Waals surface area contributed by atoms with E-state index in [1.54, 1.807) is 0 Å². The number of nitrogens with one attached hydrogen (secondary N) is 3. The van der Waals surface area contributed by atoms with E-state index in [0.717, 1.165) is 22.3 Å². The molecule has 3 N–H and O–H groups in total. The summed E-state index contributed by atoms with van der Waals surface area (Å²) in [4.78, 5) is 12.3. The van der Waals surface area contributed by atoms with Crippen molar-refractivity contribution in [1.82, 2.24) is 25.7 Å². The standard InChI is InChI=1S/C15H17N5O/c1-9(7-11-8-10(2)17-18-11)16-15(21)14-12-5-3-4-6-13(12)19-20-14/h3-6,8-9H,7H2,1-2H3,(H,16,21)(H,17,18)(H,19,20)/t9-/m0/s1. The van der Waals surface area contributed by atoms with Gasteiger partial charge in [-0.05, 0) is 26.0 Å². The number of carbonyl (C=O) groups excluding carboxylic acids is 1. The van der Waals surface area contributed by atoms with Crippen molar-refractivity contribution in [3.8, 4) is 0 Å². The molecule has 3 aromatic rings. The number of hydrogen-bond donors (Lipinski definition) is 3. The minimum absolute atomic E-state index is 0.0179. The topological polar surface area (TPSA) is 86.5 Å². The van der Waals surface area contributed by atoms with Crippen LogP contribution in [0.3, 0.4) is 0 Å². The number of rotatable bonds is 4. The third kappa shape index (κ3) is 2.79. The second-order valence-corrected chi connectivity index (χ2v) is 5.24. The Kier molecular flexibility index (Phi) is 3.43. The summed E-state index contributed by atoms with van der Waals surface area (Å²) in [5, 5.41) is 17.8. The van der Waals surface area contributed by atoms with Crippen molar-refractivity contribution >= 4 is 16.8 Å². The van der Waals surface area contributed by atoms with Crippen LogP contribution in [-0.4, -0.2) is 32.3 Å². The van der Waals surface area contributed by atoms with Crippen molar-refractivity contribution in [3.05, 3.63) is 47.4 Å². The van der Waals surface area contributed by atoms with Gasteiger partial charge in [0.05, 0.1) is 11.2 Å². The fraction of sp³-hybridized carbons (Fsp3) is 0.267. The van der Waals surface area contributed by atoms with E-state index in [2.05, 4.69) is 25.7 Å². The molecule has 0 aliphatic heterocycles. The SMILES string of the molecule is Cc1cc(C[C@H](C)NC(=O)c2n[nH]c3ccccc23)n[nH]1. The number of aryl methyl sites for hydroxylation is 1. The molecule has 21 heavy (non-hydrogen) atoms. The first-order valence-corrected chi connectivity index (χ1v) is 6.88. The third-order valence-corrected chi connectivity index (χ3v) is 3.34. The van der Waals surface area contributed by atoms with Crippen molar-refractivity contribution in [2.45, 2.75) is 26.3 Å². The number of hydrogen-bond acceptors (Lipinski definition) is 3. The lowest BCUT2D eigenvalue weighted by Crippen LogP contribution is -2.34. The molecule has 0 aliphatic carbocycles. The highest BCUT2D eigenvalue weighted by Crippen LogP contribution is 2.15. The fourth-order valence-electron chi connectivity index (χ4n) is 2.37. The number of aromatic nitrogens is 4. The monoisotopic (exact) mass is 283 g/mol. The van der Waals surface area contributed by atoms with Crippen molar-refractivity contribution in [1.29, 1.82) is 0 Å². The molecule has 1 aromatic carbocycles. The van der Waals surface area contributed by atoms with Gasteiger partial charge in [0.2, 0.25) is 0 Å². The highest BCUT2D eigenvalue weighted by atomic mass is 16.2. The van der Waals surface area contributed by atoms with E-state index in [1.807, 2.05) is 44.2 Å². The van der Waals surface area contributed by atoms with E-state index in [-0.39, 0.29) is 11.9 Å². The molecule has 108 valence electrons. The van der Waals surface area contributed by atoms with E-state index >= 15 is 0 Å². The van der Waals surface area contributed by atoms with E-state index in [9.17, 15) is 4.79 Å². The zero-order valence-electron chi connectivity index (χ0n) is 12.0. The van der Waals surface area contributed by atoms with Gasteiger partial charge in [-0.15, -0.1) is 0 Å². The first-order valence-electron chi connectivity index (χ1n) is 6.88. The second kappa shape index (κ2) is 5.40. The maximum Gasteiger partial charge on any atom is 0.272 e. The molecule has 2 heterocycles. The predicted molar refractivity (Wildman–Crippen MR) is 80.1 cm³/mol. The van der Waals surface area contributed by atoms with Gasteiger partial charge in [-0.25, -0.2) is 0 Å². The first-order chi connectivity index (χ1) is 10.1. The Morgan fingerprint density at radius 1 is 1.29 bits per heavy atom. The number of amides is 1. The lowest BCUT2D eigenvalue weighted by Gasteiger charge is -2.11. The van der Waals surface area contributed by atoms with E-state index in [0.29, 0.717) is 12.1 Å². The summed E-state index contributed by atoms with van der Waals surface area (Å²) in [6, 6.07) is 9.54. The van der Waals surface area contributed by atoms with Crippen LogP contribution < -0.4 is 5.32 Å². The summed E-state index contributed by atoms with van der Waals surface area (Å²) in [5.74, 6) is -0.174. The molecule has 0 unspecified atom stereocenters. The van der Waals surface area contributed by atoms with Crippen LogP contribution >= 0.6 is 0 Å². The van der Waals surface area contributed by atoms with Crippen LogP contribution in [-0.2, 0) is 6.42 Å². The van der Waals surface area contributed by atoms with Gasteiger partial charge >= 0.3 is 0 Å². The number of fused-ring (bicyclic) bond motifs is 1. The van der Waals surface area contributed by atoms with E-state index in [4.69, 9.17) is 0 Å². The van der Waals surface area contributed by atoms with Crippen molar-refractivity contribution in [2.24, 2.45) is 0 Å². The summed E-state index contributed by atoms with van der Waals surface area (Å²) in [6.07, 6.45) is 0.679. The molecule has 1 atom stereocenters. The van der Waals surface area contributed by atoms with Gasteiger partial charge in [-0.1, -0.05) is 18.2 Å². The van der Waals surface area contributed by atoms with E-state index in [1.165, 1.54) is 0 Å². The second-order valence-electron chi connectivity index (χ2n) is 5.24. The maximum absolute atomic E-state index is 12.3. The number of benzene rings is 1. The van der Waals surface area contributed by atoms with Crippen LogP contribution in [0.25, 0.3) is 10.9 Å². The lowest BCUT2D eigenvalue weighted by molar-refractivity contribution is 0.0936. The Balaban J connectivity index is 1.71. The molecule has 0 saturated carbocycles. The molecular weight excluding hydrogens is 266 g/mol. The highest BCUT2D eigenvalue weighted by Gasteiger charge is 2.16. The predicted octanol–water partition coefficient (Wildman–Crippen LogP) is 1.96. The average molecular weight is 283 g/mol. The number of aromatic amines is 2. The summed E-state index contributed by atoms with van der Waals surface area (Å²) in [6.45, 7) is 3.91. The Labute approximate surface area is 122 Å². The Bertz CT molecular complexity index is 773. The van der Waals surface area contributed by atoms with Gasteiger partial charge in [0.25, 0.3) is 5.91 Å². The molecule has 3 rings (SSSR count). The van der Waals surface area contributed by atoms with Crippen molar-refractivity contribution in [2.75, 3.05) is 0 Å². The number of nitrogens with zero attached hydrogens (tertiary/aromatic N) is 2. The van der Waals surface area contributed by atoms with Crippen molar-refractivity contribution in [3.63, 3.8) is 0 Å². The van der Waals surface area contributed by atoms with Gasteiger partial charge in [-0.3, -0.25) is 15.0 Å². The van der Waals surface area contributed by atoms with Gasteiger partial charge in [0.15, 0.2) is 5.69 Å². The quantitative estimate of drug-likeness (QED) is 0.684. The summed E-state index contributed by atoms with van der Waals surface area (Å²) in [5.41, 5.74) is 3.24. The van der Waals surface area contributed by atoms with Crippen LogP contribution in [0.1, 0.15) is 28.8 Å². The van der Waals surface area contributed by atoms with Crippen LogP contribution in [0.15, 0.2) is 30.3 Å². The molecule has 6 heteroatoms. The number of carbonyl (C=O) groups is 1. The largest absolute Gasteiger partial charge is 0.348 e. The molecule has 2 aromatic heterocycles. The van der Waals surface area contributed by atoms with Crippen LogP contribution in [0.2, 0.25) is 0 Å². The summed E-state index contributed by atoms with van der Waals surface area (Å²) in [7, 11) is 0. The minimum atomic E-state index is -0.174. The van der Waals surface area contributed by atoms with Crippen LogP contribution in [0.4, 0.5) is 0 Å². The molecule has 1 amide bonds. The first kappa shape index (κ1) is 13.4. The van der Waals surface area contributed by atoms with Gasteiger partial charge < -0.3 is 5.32 Å². The lowest BCUT2D eigenvalue weighted by atomic mass is 10.1. The average Bonchev–Trinajstić information content (AvgIpc) is 3.04. The summed E-state index contributed by atoms with van der Waals surface area (Å²) >= 11 is 0. The van der Waals surface area contributed by atoms with Gasteiger partial charge in [0, 0.05) is 23.5 Å². The molecule has 6 nitrogen and oxygen atoms in total. The normalized spacial score (nSPS) is 12.5. The highest BCUT2D eigenvalue weighted by molar-refractivity contribution is 6.04. The maximum atomic E-state index is 12.3. The molecular formula is C15H17N5O. The van der Waals surface area contributed by atoms with Crippen LogP contribution in [0.5, 0.6) is 0 Å². The molecule has 0 fully saturated rings. The minimum Gasteiger partial charge on any atom is -0.348 e. The molecule has 0 bridgehead atoms. The Morgan fingerprint density at radius 2 is 2.10 bits per heavy atom. The molecule has 0 aliphatic rings. The Hall–Kier alpha value is -2.63. The van der Waals surface area contributed by atoms with Gasteiger partial charge in [0.1, 0.15) is 0 Å². The zero-order valence-corrected chi connectivity index (χ0v) is 12.0. The molecule has 0 spiro atoms. The van der Waals surface area contributed by atoms with Gasteiger partial charge in [-0.2, -0.15) is 10.2 Å². The van der Waals surface area contributed by atoms with Crippen LogP contribution in [0, 0.1) is 6.92 Å². The molecule has 0 saturated heterocycles. The fourth-order valence-corrected chi connectivity index (χ4v) is 2.37. The third-order valence-electron chi connectivity index (χ3n) is 3.34. The van der Waals surface area contributed by atoms with Crippen molar-refractivity contribution < 1.29 is 4.79 Å². The van der Waals surface area contributed by atoms with E-state index < -0.39 is 0 Å².